The molecule has 3 rings (SSSR count). The number of carbonyl (C=O) groups excluding carboxylic acids is 1. The fraction of sp³-hybridized carbons (Fsp3) is 0.0625. The van der Waals surface area contributed by atoms with Crippen molar-refractivity contribution in [1.29, 1.82) is 0 Å². The normalized spacial score (nSPS) is 10.7. The van der Waals surface area contributed by atoms with E-state index in [1.165, 1.54) is 12.3 Å². The smallest absolute Gasteiger partial charge is 0.150 e. The van der Waals surface area contributed by atoms with Gasteiger partial charge in [0.25, 0.3) is 0 Å². The maximum absolute atomic E-state index is 13.2. The summed E-state index contributed by atoms with van der Waals surface area (Å²) in [5.41, 5.74) is 3.16. The number of rotatable bonds is 3. The molecule has 0 aliphatic heterocycles. The van der Waals surface area contributed by atoms with Gasteiger partial charge in [-0.15, -0.1) is 0 Å². The zero-order valence-electron chi connectivity index (χ0n) is 10.6. The van der Waals surface area contributed by atoms with Gasteiger partial charge in [0, 0.05) is 29.3 Å². The van der Waals surface area contributed by atoms with Crippen molar-refractivity contribution in [3.63, 3.8) is 0 Å². The molecular weight excluding hydrogens is 255 g/mol. The number of hydrogen-bond acceptors (Lipinski definition) is 3. The highest BCUT2D eigenvalue weighted by molar-refractivity contribution is 5.79. The number of aromatic nitrogens is 2. The second-order valence-corrected chi connectivity index (χ2v) is 4.56. The summed E-state index contributed by atoms with van der Waals surface area (Å²) >= 11 is 0. The van der Waals surface area contributed by atoms with Crippen LogP contribution in [0.5, 0.6) is 0 Å². The molecule has 0 radical (unpaired) electrons. The molecule has 2 aromatic heterocycles. The van der Waals surface area contributed by atoms with Crippen LogP contribution in [0.25, 0.3) is 10.9 Å². The Morgan fingerprint density at radius 1 is 1.10 bits per heavy atom. The van der Waals surface area contributed by atoms with Gasteiger partial charge in [0.2, 0.25) is 0 Å². The molecule has 0 atom stereocenters. The van der Waals surface area contributed by atoms with Crippen LogP contribution in [-0.4, -0.2) is 16.3 Å². The molecular formula is C16H11FN2O. The van der Waals surface area contributed by atoms with Gasteiger partial charge in [-0.3, -0.25) is 14.8 Å². The SMILES string of the molecule is O=Cc1ccnc(Cc2ccc3ncc(F)cc3c2)c1. The van der Waals surface area contributed by atoms with Gasteiger partial charge in [0.1, 0.15) is 12.1 Å². The van der Waals surface area contributed by atoms with Crippen LogP contribution in [0.4, 0.5) is 4.39 Å². The van der Waals surface area contributed by atoms with E-state index >= 15 is 0 Å². The first-order valence-electron chi connectivity index (χ1n) is 6.19. The molecule has 0 bridgehead atoms. The highest BCUT2D eigenvalue weighted by atomic mass is 19.1. The predicted molar refractivity (Wildman–Crippen MR) is 74.1 cm³/mol. The lowest BCUT2D eigenvalue weighted by atomic mass is 10.1. The fourth-order valence-electron chi connectivity index (χ4n) is 2.14. The average Bonchev–Trinajstić information content (AvgIpc) is 2.47. The highest BCUT2D eigenvalue weighted by Crippen LogP contribution is 2.17. The summed E-state index contributed by atoms with van der Waals surface area (Å²) in [7, 11) is 0. The van der Waals surface area contributed by atoms with Crippen molar-refractivity contribution < 1.29 is 9.18 Å². The Morgan fingerprint density at radius 2 is 2.00 bits per heavy atom. The number of halogens is 1. The van der Waals surface area contributed by atoms with Gasteiger partial charge in [-0.2, -0.15) is 0 Å². The number of nitrogens with zero attached hydrogens (tertiary/aromatic N) is 2. The molecule has 0 spiro atoms. The summed E-state index contributed by atoms with van der Waals surface area (Å²) in [5, 5.41) is 0.758. The number of aldehydes is 1. The van der Waals surface area contributed by atoms with Gasteiger partial charge < -0.3 is 0 Å². The fourth-order valence-corrected chi connectivity index (χ4v) is 2.14. The minimum absolute atomic E-state index is 0.351. The van der Waals surface area contributed by atoms with Crippen LogP contribution in [0, 0.1) is 5.82 Å². The molecule has 3 aromatic rings. The highest BCUT2D eigenvalue weighted by Gasteiger charge is 2.03. The van der Waals surface area contributed by atoms with Crippen molar-refractivity contribution in [2.24, 2.45) is 0 Å². The van der Waals surface area contributed by atoms with Gasteiger partial charge in [-0.05, 0) is 35.9 Å². The number of fused-ring (bicyclic) bond motifs is 1. The third-order valence-corrected chi connectivity index (χ3v) is 3.07. The van der Waals surface area contributed by atoms with Crippen molar-refractivity contribution in [2.75, 3.05) is 0 Å². The zero-order chi connectivity index (χ0) is 13.9. The summed E-state index contributed by atoms with van der Waals surface area (Å²) in [6, 6.07) is 10.6. The van der Waals surface area contributed by atoms with Crippen LogP contribution in [0.2, 0.25) is 0 Å². The molecule has 0 N–H and O–H groups in total. The van der Waals surface area contributed by atoms with Crippen molar-refractivity contribution in [3.8, 4) is 0 Å². The quantitative estimate of drug-likeness (QED) is 0.684. The van der Waals surface area contributed by atoms with E-state index in [4.69, 9.17) is 0 Å². The minimum Gasteiger partial charge on any atom is -0.298 e. The van der Waals surface area contributed by atoms with Crippen molar-refractivity contribution >= 4 is 17.2 Å². The van der Waals surface area contributed by atoms with Gasteiger partial charge in [0.15, 0.2) is 0 Å². The Morgan fingerprint density at radius 3 is 2.85 bits per heavy atom. The van der Waals surface area contributed by atoms with Crippen LogP contribution < -0.4 is 0 Å². The Balaban J connectivity index is 1.95. The molecule has 0 aliphatic carbocycles. The molecule has 20 heavy (non-hydrogen) atoms. The van der Waals surface area contributed by atoms with Crippen molar-refractivity contribution in [1.82, 2.24) is 9.97 Å². The molecule has 2 heterocycles. The molecule has 4 heteroatoms. The zero-order valence-corrected chi connectivity index (χ0v) is 10.6. The van der Waals surface area contributed by atoms with Crippen LogP contribution >= 0.6 is 0 Å². The Bertz CT molecular complexity index is 786. The molecule has 0 saturated carbocycles. The topological polar surface area (TPSA) is 42.9 Å². The van der Waals surface area contributed by atoms with E-state index in [0.29, 0.717) is 12.0 Å². The first kappa shape index (κ1) is 12.4. The van der Waals surface area contributed by atoms with Crippen molar-refractivity contribution in [3.05, 3.63) is 71.4 Å². The average molecular weight is 266 g/mol. The lowest BCUT2D eigenvalue weighted by molar-refractivity contribution is 0.112. The molecule has 0 unspecified atom stereocenters. The van der Waals surface area contributed by atoms with E-state index in [2.05, 4.69) is 9.97 Å². The van der Waals surface area contributed by atoms with Crippen LogP contribution in [0.1, 0.15) is 21.6 Å². The number of carbonyl (C=O) groups is 1. The summed E-state index contributed by atoms with van der Waals surface area (Å²) in [6.07, 6.45) is 4.21. The van der Waals surface area contributed by atoms with E-state index in [1.54, 1.807) is 18.3 Å². The van der Waals surface area contributed by atoms with E-state index < -0.39 is 0 Å². The lowest BCUT2D eigenvalue weighted by Crippen LogP contribution is -1.94. The number of pyridine rings is 2. The molecule has 0 aliphatic rings. The maximum atomic E-state index is 13.2. The van der Waals surface area contributed by atoms with Crippen LogP contribution in [0.15, 0.2) is 48.8 Å². The molecule has 0 amide bonds. The minimum atomic E-state index is -0.351. The molecule has 3 nitrogen and oxygen atoms in total. The van der Waals surface area contributed by atoms with E-state index in [-0.39, 0.29) is 5.82 Å². The third kappa shape index (κ3) is 2.54. The second kappa shape index (κ2) is 5.17. The molecule has 0 fully saturated rings. The molecule has 98 valence electrons. The number of hydrogen-bond donors (Lipinski definition) is 0. The Hall–Kier alpha value is -2.62. The maximum Gasteiger partial charge on any atom is 0.150 e. The van der Waals surface area contributed by atoms with Gasteiger partial charge in [0.05, 0.1) is 11.7 Å². The summed E-state index contributed by atoms with van der Waals surface area (Å²) < 4.78 is 13.2. The predicted octanol–water partition coefficient (Wildman–Crippen LogP) is 3.17. The van der Waals surface area contributed by atoms with Gasteiger partial charge >= 0.3 is 0 Å². The second-order valence-electron chi connectivity index (χ2n) is 4.56. The van der Waals surface area contributed by atoms with Crippen LogP contribution in [0.3, 0.4) is 0 Å². The molecule has 1 aromatic carbocycles. The Labute approximate surface area is 115 Å². The summed E-state index contributed by atoms with van der Waals surface area (Å²) in [5.74, 6) is -0.351. The molecule has 0 saturated heterocycles. The first-order chi connectivity index (χ1) is 9.74. The van der Waals surface area contributed by atoms with Gasteiger partial charge in [-0.25, -0.2) is 4.39 Å². The van der Waals surface area contributed by atoms with E-state index in [9.17, 15) is 9.18 Å². The largest absolute Gasteiger partial charge is 0.298 e. The van der Waals surface area contributed by atoms with Crippen molar-refractivity contribution in [2.45, 2.75) is 6.42 Å². The van der Waals surface area contributed by atoms with E-state index in [1.807, 2.05) is 18.2 Å². The van der Waals surface area contributed by atoms with E-state index in [0.717, 1.165) is 28.4 Å². The monoisotopic (exact) mass is 266 g/mol. The van der Waals surface area contributed by atoms with Gasteiger partial charge in [-0.1, -0.05) is 6.07 Å². The summed E-state index contributed by atoms with van der Waals surface area (Å²) in [4.78, 5) is 19.0. The lowest BCUT2D eigenvalue weighted by Gasteiger charge is -2.04. The number of benzene rings is 1. The third-order valence-electron chi connectivity index (χ3n) is 3.07. The standard InChI is InChI=1S/C16H11FN2O/c17-14-8-13-5-11(1-2-16(13)19-9-14)6-15-7-12(10-20)3-4-18-15/h1-5,7-10H,6H2. The summed E-state index contributed by atoms with van der Waals surface area (Å²) in [6.45, 7) is 0. The van der Waals surface area contributed by atoms with Crippen LogP contribution in [-0.2, 0) is 6.42 Å². The Kier molecular flexibility index (Phi) is 3.21. The first-order valence-corrected chi connectivity index (χ1v) is 6.19.